The van der Waals surface area contributed by atoms with Crippen LogP contribution < -0.4 is 10.6 Å². The van der Waals surface area contributed by atoms with Crippen molar-refractivity contribution in [2.45, 2.75) is 39.3 Å². The molecule has 1 aliphatic heterocycles. The summed E-state index contributed by atoms with van der Waals surface area (Å²) in [7, 11) is 0. The Kier molecular flexibility index (Phi) is 10.6. The van der Waals surface area contributed by atoms with E-state index in [2.05, 4.69) is 34.4 Å². The lowest BCUT2D eigenvalue weighted by Gasteiger charge is -2.37. The molecule has 0 aromatic carbocycles. The zero-order chi connectivity index (χ0) is 19.0. The second-order valence-corrected chi connectivity index (χ2v) is 7.29. The lowest BCUT2D eigenvalue weighted by atomic mass is 10.0. The van der Waals surface area contributed by atoms with E-state index < -0.39 is 5.60 Å². The van der Waals surface area contributed by atoms with Crippen LogP contribution in [0, 0.1) is 5.92 Å². The van der Waals surface area contributed by atoms with Crippen LogP contribution in [0.1, 0.15) is 33.5 Å². The van der Waals surface area contributed by atoms with Crippen LogP contribution in [0.2, 0.25) is 0 Å². The smallest absolute Gasteiger partial charge is 0.191 e. The molecule has 2 rings (SSSR count). The van der Waals surface area contributed by atoms with Crippen LogP contribution in [-0.2, 0) is 10.3 Å². The van der Waals surface area contributed by atoms with E-state index in [0.29, 0.717) is 23.7 Å². The first-order valence-corrected chi connectivity index (χ1v) is 9.54. The number of nitrogens with zero attached hydrogens (tertiary/aromatic N) is 2. The Labute approximate surface area is 180 Å². The predicted molar refractivity (Wildman–Crippen MR) is 119 cm³/mol. The van der Waals surface area contributed by atoms with E-state index >= 15 is 0 Å². The molecule has 2 atom stereocenters. The fourth-order valence-corrected chi connectivity index (χ4v) is 3.13. The number of guanidine groups is 1. The van der Waals surface area contributed by atoms with E-state index in [4.69, 9.17) is 9.15 Å². The monoisotopic (exact) mass is 494 g/mol. The van der Waals surface area contributed by atoms with E-state index in [1.807, 2.05) is 6.92 Å². The van der Waals surface area contributed by atoms with Crippen LogP contribution in [0.3, 0.4) is 0 Å². The van der Waals surface area contributed by atoms with E-state index in [1.54, 1.807) is 25.3 Å². The van der Waals surface area contributed by atoms with Crippen LogP contribution in [0.25, 0.3) is 0 Å². The topological polar surface area (TPSA) is 82.3 Å². The molecule has 0 amide bonds. The molecule has 1 saturated heterocycles. The van der Waals surface area contributed by atoms with Crippen LogP contribution in [0.5, 0.6) is 0 Å². The largest absolute Gasteiger partial charge is 0.466 e. The summed E-state index contributed by atoms with van der Waals surface area (Å²) >= 11 is 0. The van der Waals surface area contributed by atoms with Gasteiger partial charge in [0.05, 0.1) is 26.0 Å². The maximum Gasteiger partial charge on any atom is 0.191 e. The Bertz CT molecular complexity index is 543. The number of nitrogens with one attached hydrogen (secondary N) is 2. The minimum atomic E-state index is -1.13. The number of aliphatic hydroxyl groups is 1. The van der Waals surface area contributed by atoms with Gasteiger partial charge in [0.2, 0.25) is 0 Å². The standard InChI is InChI=1S/C19H34N4O3.HI/c1-5-20-18(22-14-19(4,24)17-7-6-10-26-17)21-13-16(15(2)3)23-8-11-25-12-9-23;/h6-7,10,15-16,24H,5,8-9,11-14H2,1-4H3,(H2,20,21,22);1H. The maximum absolute atomic E-state index is 10.6. The second kappa shape index (κ2) is 11.9. The van der Waals surface area contributed by atoms with Crippen LogP contribution in [0.15, 0.2) is 27.8 Å². The highest BCUT2D eigenvalue weighted by Gasteiger charge is 2.27. The molecule has 0 saturated carbocycles. The van der Waals surface area contributed by atoms with Crippen molar-refractivity contribution in [2.75, 3.05) is 45.9 Å². The van der Waals surface area contributed by atoms with Crippen molar-refractivity contribution in [3.8, 4) is 0 Å². The fraction of sp³-hybridized carbons (Fsp3) is 0.737. The number of hydrogen-bond donors (Lipinski definition) is 3. The first kappa shape index (κ1) is 24.2. The lowest BCUT2D eigenvalue weighted by molar-refractivity contribution is 0.00749. The number of aliphatic imine (C=N–C) groups is 1. The number of rotatable bonds is 8. The van der Waals surface area contributed by atoms with Gasteiger partial charge in [-0.15, -0.1) is 24.0 Å². The number of morpholine rings is 1. The number of hydrogen-bond acceptors (Lipinski definition) is 5. The van der Waals surface area contributed by atoms with E-state index in [0.717, 1.165) is 39.4 Å². The van der Waals surface area contributed by atoms with Crippen molar-refractivity contribution in [1.29, 1.82) is 0 Å². The van der Waals surface area contributed by atoms with Crippen molar-refractivity contribution in [3.63, 3.8) is 0 Å². The average Bonchev–Trinajstić information content (AvgIpc) is 3.16. The number of halogens is 1. The molecule has 0 bridgehead atoms. The molecule has 3 N–H and O–H groups in total. The summed E-state index contributed by atoms with van der Waals surface area (Å²) in [5.74, 6) is 1.75. The summed E-state index contributed by atoms with van der Waals surface area (Å²) in [6, 6.07) is 3.95. The highest BCUT2D eigenvalue weighted by atomic mass is 127. The molecule has 8 heteroatoms. The van der Waals surface area contributed by atoms with Crippen molar-refractivity contribution in [2.24, 2.45) is 10.9 Å². The quantitative estimate of drug-likeness (QED) is 0.292. The van der Waals surface area contributed by atoms with Gasteiger partial charge in [0, 0.05) is 32.2 Å². The molecule has 7 nitrogen and oxygen atoms in total. The van der Waals surface area contributed by atoms with Crippen LogP contribution in [-0.4, -0.2) is 67.9 Å². The Morgan fingerprint density at radius 3 is 2.59 bits per heavy atom. The molecule has 1 aromatic heterocycles. The molecular formula is C19H35IN4O3. The van der Waals surface area contributed by atoms with Crippen molar-refractivity contribution < 1.29 is 14.3 Å². The molecular weight excluding hydrogens is 459 g/mol. The van der Waals surface area contributed by atoms with E-state index in [1.165, 1.54) is 0 Å². The van der Waals surface area contributed by atoms with E-state index in [-0.39, 0.29) is 30.5 Å². The van der Waals surface area contributed by atoms with Gasteiger partial charge in [-0.05, 0) is 31.9 Å². The minimum Gasteiger partial charge on any atom is -0.466 e. The normalized spacial score (nSPS) is 19.3. The molecule has 156 valence electrons. The Balaban J connectivity index is 0.00000364. The number of ether oxygens (including phenoxy) is 1. The molecule has 2 heterocycles. The Morgan fingerprint density at radius 1 is 1.33 bits per heavy atom. The highest BCUT2D eigenvalue weighted by Crippen LogP contribution is 2.21. The summed E-state index contributed by atoms with van der Waals surface area (Å²) in [6.45, 7) is 13.5. The molecule has 27 heavy (non-hydrogen) atoms. The van der Waals surface area contributed by atoms with Gasteiger partial charge >= 0.3 is 0 Å². The van der Waals surface area contributed by atoms with Gasteiger partial charge in [0.15, 0.2) is 5.96 Å². The average molecular weight is 494 g/mol. The zero-order valence-electron chi connectivity index (χ0n) is 16.9. The Hall–Kier alpha value is -0.840. The van der Waals surface area contributed by atoms with Gasteiger partial charge in [0.1, 0.15) is 11.4 Å². The van der Waals surface area contributed by atoms with Crippen molar-refractivity contribution in [1.82, 2.24) is 15.5 Å². The third-order valence-corrected chi connectivity index (χ3v) is 4.70. The highest BCUT2D eigenvalue weighted by molar-refractivity contribution is 14.0. The third kappa shape index (κ3) is 7.59. The van der Waals surface area contributed by atoms with Gasteiger partial charge in [-0.3, -0.25) is 4.90 Å². The Morgan fingerprint density at radius 2 is 2.04 bits per heavy atom. The predicted octanol–water partition coefficient (Wildman–Crippen LogP) is 2.02. The van der Waals surface area contributed by atoms with Crippen LogP contribution in [0.4, 0.5) is 0 Å². The molecule has 0 aliphatic carbocycles. The van der Waals surface area contributed by atoms with Gasteiger partial charge in [-0.1, -0.05) is 13.8 Å². The summed E-state index contributed by atoms with van der Waals surface area (Å²) in [5, 5.41) is 17.3. The van der Waals surface area contributed by atoms with E-state index in [9.17, 15) is 5.11 Å². The maximum atomic E-state index is 10.6. The first-order valence-electron chi connectivity index (χ1n) is 9.54. The lowest BCUT2D eigenvalue weighted by Crippen LogP contribution is -2.52. The SMILES string of the molecule is CCNC(=NCC(C)(O)c1ccco1)NCC(C(C)C)N1CCOCC1.I. The van der Waals surface area contributed by atoms with Gasteiger partial charge in [0.25, 0.3) is 0 Å². The van der Waals surface area contributed by atoms with Gasteiger partial charge in [-0.25, -0.2) is 4.99 Å². The minimum absolute atomic E-state index is 0. The van der Waals surface area contributed by atoms with Gasteiger partial charge in [-0.2, -0.15) is 0 Å². The summed E-state index contributed by atoms with van der Waals surface area (Å²) in [5.41, 5.74) is -1.13. The van der Waals surface area contributed by atoms with Crippen molar-refractivity contribution >= 4 is 29.9 Å². The third-order valence-electron chi connectivity index (χ3n) is 4.70. The molecule has 0 radical (unpaired) electrons. The van der Waals surface area contributed by atoms with Crippen LogP contribution >= 0.6 is 24.0 Å². The molecule has 0 spiro atoms. The molecule has 2 unspecified atom stereocenters. The molecule has 1 fully saturated rings. The number of furan rings is 1. The summed E-state index contributed by atoms with van der Waals surface area (Å²) < 4.78 is 10.8. The second-order valence-electron chi connectivity index (χ2n) is 7.29. The fourth-order valence-electron chi connectivity index (χ4n) is 3.13. The molecule has 1 aliphatic rings. The first-order chi connectivity index (χ1) is 12.4. The zero-order valence-corrected chi connectivity index (χ0v) is 19.2. The molecule has 1 aromatic rings. The summed E-state index contributed by atoms with van der Waals surface area (Å²) in [4.78, 5) is 7.03. The van der Waals surface area contributed by atoms with Crippen molar-refractivity contribution in [3.05, 3.63) is 24.2 Å². The van der Waals surface area contributed by atoms with Gasteiger partial charge < -0.3 is 24.9 Å². The summed E-state index contributed by atoms with van der Waals surface area (Å²) in [6.07, 6.45) is 1.56.